The fourth-order valence-corrected chi connectivity index (χ4v) is 1.31. The number of nitrogens with zero attached hydrogens (tertiary/aromatic N) is 1. The van der Waals surface area contributed by atoms with Gasteiger partial charge in [-0.1, -0.05) is 18.7 Å². The van der Waals surface area contributed by atoms with Gasteiger partial charge in [0.2, 0.25) is 0 Å². The number of hydrogen-bond donors (Lipinski definition) is 2. The molecule has 0 saturated heterocycles. The molecule has 5 heteroatoms. The van der Waals surface area contributed by atoms with E-state index in [2.05, 4.69) is 9.97 Å². The monoisotopic (exact) mass is 186 g/mol. The fourth-order valence-electron chi connectivity index (χ4n) is 0.722. The van der Waals surface area contributed by atoms with Gasteiger partial charge in [0.1, 0.15) is 0 Å². The Morgan fingerprint density at radius 2 is 2.58 bits per heavy atom. The SMILES string of the molecule is CCc1cnc(SCC(=O)O)[nH]1. The van der Waals surface area contributed by atoms with Crippen molar-refractivity contribution in [2.75, 3.05) is 5.75 Å². The molecule has 0 aliphatic heterocycles. The van der Waals surface area contributed by atoms with Crippen LogP contribution in [0.2, 0.25) is 0 Å². The van der Waals surface area contributed by atoms with Gasteiger partial charge in [0.05, 0.1) is 5.75 Å². The maximum Gasteiger partial charge on any atom is 0.313 e. The van der Waals surface area contributed by atoms with E-state index in [1.165, 1.54) is 11.8 Å². The van der Waals surface area contributed by atoms with E-state index in [1.54, 1.807) is 6.20 Å². The number of carboxylic acid groups (broad SMARTS) is 1. The lowest BCUT2D eigenvalue weighted by molar-refractivity contribution is -0.133. The standard InChI is InChI=1S/C7H10N2O2S/c1-2-5-3-8-7(9-5)12-4-6(10)11/h3H,2,4H2,1H3,(H,8,9)(H,10,11). The van der Waals surface area contributed by atoms with Crippen LogP contribution in [0.4, 0.5) is 0 Å². The van der Waals surface area contributed by atoms with E-state index in [0.29, 0.717) is 5.16 Å². The van der Waals surface area contributed by atoms with E-state index in [1.807, 2.05) is 6.92 Å². The van der Waals surface area contributed by atoms with Crippen LogP contribution in [0, 0.1) is 0 Å². The predicted molar refractivity (Wildman–Crippen MR) is 46.3 cm³/mol. The Morgan fingerprint density at radius 3 is 3.08 bits per heavy atom. The quantitative estimate of drug-likeness (QED) is 0.692. The third-order valence-corrected chi connectivity index (χ3v) is 2.19. The second kappa shape index (κ2) is 4.15. The van der Waals surface area contributed by atoms with Gasteiger partial charge in [-0.15, -0.1) is 0 Å². The summed E-state index contributed by atoms with van der Waals surface area (Å²) in [4.78, 5) is 17.2. The molecule has 0 spiro atoms. The Labute approximate surface area is 74.4 Å². The highest BCUT2D eigenvalue weighted by Gasteiger charge is 2.02. The number of thioether (sulfide) groups is 1. The Kier molecular flexibility index (Phi) is 3.16. The normalized spacial score (nSPS) is 10.1. The summed E-state index contributed by atoms with van der Waals surface area (Å²) in [5.74, 6) is -0.772. The molecule has 0 bridgehead atoms. The number of aliphatic carboxylic acids is 1. The molecule has 4 nitrogen and oxygen atoms in total. The summed E-state index contributed by atoms with van der Waals surface area (Å²) >= 11 is 1.20. The molecule has 1 aromatic heterocycles. The molecule has 1 heterocycles. The Balaban J connectivity index is 2.47. The van der Waals surface area contributed by atoms with Crippen LogP contribution in [0.5, 0.6) is 0 Å². The summed E-state index contributed by atoms with van der Waals surface area (Å²) in [5.41, 5.74) is 1.03. The number of hydrogen-bond acceptors (Lipinski definition) is 3. The lowest BCUT2D eigenvalue weighted by Gasteiger charge is -1.91. The third-order valence-electron chi connectivity index (χ3n) is 1.32. The number of aromatic nitrogens is 2. The zero-order valence-corrected chi connectivity index (χ0v) is 7.52. The van der Waals surface area contributed by atoms with Gasteiger partial charge in [-0.05, 0) is 6.42 Å². The van der Waals surface area contributed by atoms with E-state index in [0.717, 1.165) is 12.1 Å². The highest BCUT2D eigenvalue weighted by atomic mass is 32.2. The molecule has 2 N–H and O–H groups in total. The van der Waals surface area contributed by atoms with Crippen molar-refractivity contribution >= 4 is 17.7 Å². The van der Waals surface area contributed by atoms with Crippen LogP contribution in [-0.4, -0.2) is 26.8 Å². The maximum atomic E-state index is 10.2. The van der Waals surface area contributed by atoms with Gasteiger partial charge >= 0.3 is 5.97 Å². The van der Waals surface area contributed by atoms with Crippen LogP contribution in [0.3, 0.4) is 0 Å². The summed E-state index contributed by atoms with van der Waals surface area (Å²) in [6.45, 7) is 2.01. The number of aryl methyl sites for hydroxylation is 1. The molecule has 0 amide bonds. The summed E-state index contributed by atoms with van der Waals surface area (Å²) in [5, 5.41) is 9.05. The molecule has 66 valence electrons. The van der Waals surface area contributed by atoms with E-state index < -0.39 is 5.97 Å². The fraction of sp³-hybridized carbons (Fsp3) is 0.429. The number of imidazole rings is 1. The van der Waals surface area contributed by atoms with E-state index in [-0.39, 0.29) is 5.75 Å². The smallest absolute Gasteiger partial charge is 0.313 e. The first-order chi connectivity index (χ1) is 5.72. The van der Waals surface area contributed by atoms with Gasteiger partial charge < -0.3 is 10.1 Å². The lowest BCUT2D eigenvalue weighted by Crippen LogP contribution is -1.97. The van der Waals surface area contributed by atoms with Crippen LogP contribution < -0.4 is 0 Å². The van der Waals surface area contributed by atoms with Crippen molar-refractivity contribution in [1.82, 2.24) is 9.97 Å². The van der Waals surface area contributed by atoms with Gasteiger partial charge in [0, 0.05) is 11.9 Å². The summed E-state index contributed by atoms with van der Waals surface area (Å²) < 4.78 is 0. The summed E-state index contributed by atoms with van der Waals surface area (Å²) in [6, 6.07) is 0. The number of H-pyrrole nitrogens is 1. The molecule has 0 aliphatic rings. The summed E-state index contributed by atoms with van der Waals surface area (Å²) in [6.07, 6.45) is 2.62. The minimum Gasteiger partial charge on any atom is -0.481 e. The molecule has 0 saturated carbocycles. The van der Waals surface area contributed by atoms with Crippen molar-refractivity contribution in [2.45, 2.75) is 18.5 Å². The van der Waals surface area contributed by atoms with Crippen molar-refractivity contribution in [3.63, 3.8) is 0 Å². The number of aromatic amines is 1. The van der Waals surface area contributed by atoms with Crippen molar-refractivity contribution in [3.8, 4) is 0 Å². The van der Waals surface area contributed by atoms with Gasteiger partial charge in [-0.25, -0.2) is 4.98 Å². The van der Waals surface area contributed by atoms with Gasteiger partial charge in [-0.3, -0.25) is 4.79 Å². The second-order valence-electron chi connectivity index (χ2n) is 2.25. The molecular weight excluding hydrogens is 176 g/mol. The van der Waals surface area contributed by atoms with Crippen LogP contribution >= 0.6 is 11.8 Å². The van der Waals surface area contributed by atoms with Crippen molar-refractivity contribution in [1.29, 1.82) is 0 Å². The molecule has 0 fully saturated rings. The molecule has 0 aromatic carbocycles. The maximum absolute atomic E-state index is 10.2. The molecule has 12 heavy (non-hydrogen) atoms. The highest BCUT2D eigenvalue weighted by Crippen LogP contribution is 2.12. The summed E-state index contributed by atoms with van der Waals surface area (Å²) in [7, 11) is 0. The van der Waals surface area contributed by atoms with Gasteiger partial charge in [0.25, 0.3) is 0 Å². The number of carbonyl (C=O) groups is 1. The predicted octanol–water partition coefficient (Wildman–Crippen LogP) is 1.15. The first-order valence-electron chi connectivity index (χ1n) is 3.61. The van der Waals surface area contributed by atoms with Crippen molar-refractivity contribution in [2.24, 2.45) is 0 Å². The Morgan fingerprint density at radius 1 is 1.83 bits per heavy atom. The van der Waals surface area contributed by atoms with E-state index in [9.17, 15) is 4.79 Å². The van der Waals surface area contributed by atoms with Crippen LogP contribution in [0.15, 0.2) is 11.4 Å². The Hall–Kier alpha value is -0.970. The zero-order chi connectivity index (χ0) is 8.97. The van der Waals surface area contributed by atoms with Crippen molar-refractivity contribution < 1.29 is 9.90 Å². The first kappa shape index (κ1) is 9.12. The molecule has 0 atom stereocenters. The topological polar surface area (TPSA) is 66.0 Å². The van der Waals surface area contributed by atoms with Gasteiger partial charge in [-0.2, -0.15) is 0 Å². The average molecular weight is 186 g/mol. The molecular formula is C7H10N2O2S. The lowest BCUT2D eigenvalue weighted by atomic mass is 10.4. The molecule has 0 radical (unpaired) electrons. The minimum absolute atomic E-state index is 0.0522. The van der Waals surface area contributed by atoms with E-state index >= 15 is 0 Å². The van der Waals surface area contributed by atoms with Crippen LogP contribution in [0.1, 0.15) is 12.6 Å². The Bertz CT molecular complexity index is 272. The number of nitrogens with one attached hydrogen (secondary N) is 1. The van der Waals surface area contributed by atoms with Crippen molar-refractivity contribution in [3.05, 3.63) is 11.9 Å². The zero-order valence-electron chi connectivity index (χ0n) is 6.70. The number of rotatable bonds is 4. The molecule has 0 aliphatic carbocycles. The molecule has 1 rings (SSSR count). The highest BCUT2D eigenvalue weighted by molar-refractivity contribution is 7.99. The average Bonchev–Trinajstić information content (AvgIpc) is 2.48. The second-order valence-corrected chi connectivity index (χ2v) is 3.21. The largest absolute Gasteiger partial charge is 0.481 e. The first-order valence-corrected chi connectivity index (χ1v) is 4.59. The minimum atomic E-state index is -0.825. The molecule has 1 aromatic rings. The van der Waals surface area contributed by atoms with E-state index in [4.69, 9.17) is 5.11 Å². The molecule has 0 unspecified atom stereocenters. The third kappa shape index (κ3) is 2.58. The number of carboxylic acids is 1. The van der Waals surface area contributed by atoms with Gasteiger partial charge in [0.15, 0.2) is 5.16 Å². The van der Waals surface area contributed by atoms with Crippen LogP contribution in [0.25, 0.3) is 0 Å². The van der Waals surface area contributed by atoms with Crippen LogP contribution in [-0.2, 0) is 11.2 Å².